The maximum atomic E-state index is 12.6. The molecule has 0 saturated carbocycles. The number of nitrogens with one attached hydrogen (secondary N) is 1. The number of carbonyl (C=O) groups excluding carboxylic acids is 1. The minimum atomic E-state index is -0.171. The molecule has 6 nitrogen and oxygen atoms in total. The van der Waals surface area contributed by atoms with Gasteiger partial charge in [-0.2, -0.15) is 0 Å². The topological polar surface area (TPSA) is 73.0 Å². The molecular formula is C20H17ClN4O2. The van der Waals surface area contributed by atoms with Crippen molar-refractivity contribution >= 4 is 34.1 Å². The molecule has 7 heteroatoms. The smallest absolute Gasteiger partial charge is 0.264 e. The van der Waals surface area contributed by atoms with E-state index in [1.54, 1.807) is 24.3 Å². The maximum absolute atomic E-state index is 12.6. The van der Waals surface area contributed by atoms with E-state index in [4.69, 9.17) is 16.0 Å². The first-order chi connectivity index (χ1) is 13.1. The average Bonchev–Trinajstić information content (AvgIpc) is 3.26. The summed E-state index contributed by atoms with van der Waals surface area (Å²) in [5, 5.41) is 12.6. The van der Waals surface area contributed by atoms with E-state index < -0.39 is 0 Å². The van der Waals surface area contributed by atoms with Crippen molar-refractivity contribution in [2.24, 2.45) is 0 Å². The number of fused-ring (bicyclic) bond motifs is 1. The van der Waals surface area contributed by atoms with Crippen LogP contribution in [-0.4, -0.2) is 20.7 Å². The van der Waals surface area contributed by atoms with E-state index in [1.165, 1.54) is 0 Å². The predicted molar refractivity (Wildman–Crippen MR) is 105 cm³/mol. The fourth-order valence-electron chi connectivity index (χ4n) is 2.97. The van der Waals surface area contributed by atoms with Gasteiger partial charge in [0.05, 0.1) is 0 Å². The van der Waals surface area contributed by atoms with Crippen molar-refractivity contribution in [3.05, 3.63) is 65.5 Å². The molecule has 0 fully saturated rings. The molecule has 4 aromatic rings. The largest absolute Gasteiger partial charge is 0.419 e. The molecular weight excluding hydrogens is 364 g/mol. The van der Waals surface area contributed by atoms with Crippen LogP contribution in [0.25, 0.3) is 22.5 Å². The molecule has 0 aliphatic carbocycles. The third-order valence-electron chi connectivity index (χ3n) is 4.21. The van der Waals surface area contributed by atoms with E-state index in [1.807, 2.05) is 41.8 Å². The van der Waals surface area contributed by atoms with Gasteiger partial charge >= 0.3 is 0 Å². The van der Waals surface area contributed by atoms with E-state index in [0.29, 0.717) is 34.6 Å². The quantitative estimate of drug-likeness (QED) is 0.551. The summed E-state index contributed by atoms with van der Waals surface area (Å²) < 4.78 is 7.59. The van der Waals surface area contributed by atoms with Crippen LogP contribution in [0.4, 0.5) is 5.69 Å². The second-order valence-corrected chi connectivity index (χ2v) is 6.52. The van der Waals surface area contributed by atoms with Crippen LogP contribution < -0.4 is 5.32 Å². The van der Waals surface area contributed by atoms with Gasteiger partial charge in [0, 0.05) is 28.0 Å². The van der Waals surface area contributed by atoms with Crippen molar-refractivity contribution < 1.29 is 9.21 Å². The number of para-hydroxylation sites is 1. The highest BCUT2D eigenvalue weighted by atomic mass is 35.5. The van der Waals surface area contributed by atoms with Gasteiger partial charge in [-0.05, 0) is 30.3 Å². The zero-order valence-corrected chi connectivity index (χ0v) is 15.4. The SMILES string of the molecule is CCc1nnc(-c2cc3ccccc3n2CC(=O)Nc2cccc(Cl)c2)o1. The molecule has 0 unspecified atom stereocenters. The Balaban J connectivity index is 1.69. The maximum Gasteiger partial charge on any atom is 0.264 e. The number of halogens is 1. The van der Waals surface area contributed by atoms with Crippen LogP contribution in [0, 0.1) is 0 Å². The van der Waals surface area contributed by atoms with Gasteiger partial charge in [-0.15, -0.1) is 10.2 Å². The van der Waals surface area contributed by atoms with Crippen molar-refractivity contribution in [3.63, 3.8) is 0 Å². The number of aromatic nitrogens is 3. The summed E-state index contributed by atoms with van der Waals surface area (Å²) in [4.78, 5) is 12.6. The number of nitrogens with zero attached hydrogens (tertiary/aromatic N) is 3. The average molecular weight is 381 g/mol. The molecule has 0 saturated heterocycles. The number of amides is 1. The van der Waals surface area contributed by atoms with Gasteiger partial charge in [0.25, 0.3) is 5.89 Å². The van der Waals surface area contributed by atoms with Gasteiger partial charge in [-0.3, -0.25) is 4.79 Å². The lowest BCUT2D eigenvalue weighted by atomic mass is 10.2. The van der Waals surface area contributed by atoms with Gasteiger partial charge in [-0.25, -0.2) is 0 Å². The lowest BCUT2D eigenvalue weighted by Crippen LogP contribution is -2.19. The van der Waals surface area contributed by atoms with Crippen LogP contribution >= 0.6 is 11.6 Å². The summed E-state index contributed by atoms with van der Waals surface area (Å²) in [6.07, 6.45) is 0.655. The molecule has 2 heterocycles. The van der Waals surface area contributed by atoms with Crippen LogP contribution in [-0.2, 0) is 17.8 Å². The van der Waals surface area contributed by atoms with Gasteiger partial charge in [0.15, 0.2) is 0 Å². The summed E-state index contributed by atoms with van der Waals surface area (Å²) >= 11 is 5.99. The van der Waals surface area contributed by atoms with Crippen molar-refractivity contribution in [1.82, 2.24) is 14.8 Å². The molecule has 4 rings (SSSR count). The highest BCUT2D eigenvalue weighted by molar-refractivity contribution is 6.30. The minimum Gasteiger partial charge on any atom is -0.419 e. The molecule has 27 heavy (non-hydrogen) atoms. The van der Waals surface area contributed by atoms with E-state index in [9.17, 15) is 4.79 Å². The Bertz CT molecular complexity index is 1120. The van der Waals surface area contributed by atoms with Crippen LogP contribution in [0.15, 0.2) is 59.0 Å². The number of rotatable bonds is 5. The molecule has 0 atom stereocenters. The Labute approximate surface area is 160 Å². The molecule has 0 spiro atoms. The first-order valence-corrected chi connectivity index (χ1v) is 8.98. The van der Waals surface area contributed by atoms with E-state index in [-0.39, 0.29) is 12.5 Å². The molecule has 0 aliphatic heterocycles. The molecule has 2 aromatic carbocycles. The molecule has 0 bridgehead atoms. The Morgan fingerprint density at radius 3 is 2.78 bits per heavy atom. The minimum absolute atomic E-state index is 0.110. The lowest BCUT2D eigenvalue weighted by molar-refractivity contribution is -0.116. The van der Waals surface area contributed by atoms with Gasteiger partial charge in [0.1, 0.15) is 12.2 Å². The van der Waals surface area contributed by atoms with Crippen LogP contribution in [0.2, 0.25) is 5.02 Å². The summed E-state index contributed by atoms with van der Waals surface area (Å²) in [5.41, 5.74) is 2.28. The number of hydrogen-bond acceptors (Lipinski definition) is 4. The van der Waals surface area contributed by atoms with Crippen molar-refractivity contribution in [1.29, 1.82) is 0 Å². The summed E-state index contributed by atoms with van der Waals surface area (Å²) in [7, 11) is 0. The summed E-state index contributed by atoms with van der Waals surface area (Å²) in [6, 6.07) is 16.8. The van der Waals surface area contributed by atoms with E-state index >= 15 is 0 Å². The highest BCUT2D eigenvalue weighted by Gasteiger charge is 2.18. The Kier molecular flexibility index (Phi) is 4.64. The first kappa shape index (κ1) is 17.3. The number of aryl methyl sites for hydroxylation is 1. The Morgan fingerprint density at radius 1 is 1.15 bits per heavy atom. The number of hydrogen-bond donors (Lipinski definition) is 1. The van der Waals surface area contributed by atoms with Crippen molar-refractivity contribution in [2.45, 2.75) is 19.9 Å². The fraction of sp³-hybridized carbons (Fsp3) is 0.150. The molecule has 0 aliphatic rings. The summed E-state index contributed by atoms with van der Waals surface area (Å²) in [6.45, 7) is 2.06. The monoisotopic (exact) mass is 380 g/mol. The Morgan fingerprint density at radius 2 is 2.00 bits per heavy atom. The van der Waals surface area contributed by atoms with Crippen molar-refractivity contribution in [2.75, 3.05) is 5.32 Å². The molecule has 136 valence electrons. The zero-order chi connectivity index (χ0) is 18.8. The third kappa shape index (κ3) is 3.57. The Hall–Kier alpha value is -3.12. The number of carbonyl (C=O) groups is 1. The van der Waals surface area contributed by atoms with E-state index in [0.717, 1.165) is 10.9 Å². The second kappa shape index (κ2) is 7.25. The van der Waals surface area contributed by atoms with E-state index in [2.05, 4.69) is 15.5 Å². The normalized spacial score (nSPS) is 11.0. The highest BCUT2D eigenvalue weighted by Crippen LogP contribution is 2.28. The van der Waals surface area contributed by atoms with Gasteiger partial charge < -0.3 is 14.3 Å². The van der Waals surface area contributed by atoms with Crippen LogP contribution in [0.5, 0.6) is 0 Å². The van der Waals surface area contributed by atoms with Crippen molar-refractivity contribution in [3.8, 4) is 11.6 Å². The zero-order valence-electron chi connectivity index (χ0n) is 14.6. The standard InChI is InChI=1S/C20H17ClN4O2/c1-2-19-23-24-20(27-19)17-10-13-6-3-4-9-16(13)25(17)12-18(26)22-15-8-5-7-14(21)11-15/h3-11H,2,12H2,1H3,(H,22,26). The van der Waals surface area contributed by atoms with Gasteiger partial charge in [-0.1, -0.05) is 42.8 Å². The van der Waals surface area contributed by atoms with Crippen LogP contribution in [0.1, 0.15) is 12.8 Å². The number of benzene rings is 2. The van der Waals surface area contributed by atoms with Crippen LogP contribution in [0.3, 0.4) is 0 Å². The first-order valence-electron chi connectivity index (χ1n) is 8.60. The summed E-state index contributed by atoms with van der Waals surface area (Å²) in [5.74, 6) is 0.791. The number of anilines is 1. The predicted octanol–water partition coefficient (Wildman–Crippen LogP) is 4.55. The third-order valence-corrected chi connectivity index (χ3v) is 4.44. The molecule has 0 radical (unpaired) electrons. The molecule has 1 amide bonds. The lowest BCUT2D eigenvalue weighted by Gasteiger charge is -2.10. The molecule has 2 aromatic heterocycles. The fourth-order valence-corrected chi connectivity index (χ4v) is 3.16. The van der Waals surface area contributed by atoms with Gasteiger partial charge in [0.2, 0.25) is 11.8 Å². The molecule has 1 N–H and O–H groups in total. The second-order valence-electron chi connectivity index (χ2n) is 6.09.